The molecule has 7 heteroatoms. The Balaban J connectivity index is 1.36. The minimum absolute atomic E-state index is 0.524. The first kappa shape index (κ1) is 21.2. The molecule has 1 aromatic heterocycles. The zero-order valence-corrected chi connectivity index (χ0v) is 17.6. The van der Waals surface area contributed by atoms with Crippen LogP contribution in [-0.2, 0) is 6.42 Å². The molecule has 158 valence electrons. The number of aliphatic imine (C=N–C) groups is 1. The summed E-state index contributed by atoms with van der Waals surface area (Å²) < 4.78 is 16.4. The Morgan fingerprint density at radius 1 is 1.00 bits per heavy atom. The van der Waals surface area contributed by atoms with Crippen LogP contribution in [0.4, 0.5) is 0 Å². The maximum absolute atomic E-state index is 5.70. The van der Waals surface area contributed by atoms with Crippen LogP contribution in [0.5, 0.6) is 11.5 Å². The van der Waals surface area contributed by atoms with Crippen LogP contribution in [0.15, 0.2) is 64.2 Å². The van der Waals surface area contributed by atoms with Gasteiger partial charge in [0.25, 0.3) is 0 Å². The van der Waals surface area contributed by atoms with Crippen molar-refractivity contribution in [3.8, 4) is 23.0 Å². The van der Waals surface area contributed by atoms with Crippen LogP contribution in [0.1, 0.15) is 11.3 Å². The lowest BCUT2D eigenvalue weighted by molar-refractivity contribution is 0.321. The van der Waals surface area contributed by atoms with Crippen molar-refractivity contribution in [3.05, 3.63) is 66.1 Å². The van der Waals surface area contributed by atoms with Crippen LogP contribution in [0.25, 0.3) is 11.5 Å². The lowest BCUT2D eigenvalue weighted by Crippen LogP contribution is -2.40. The number of hydrogen-bond acceptors (Lipinski definition) is 5. The fourth-order valence-electron chi connectivity index (χ4n) is 2.79. The third-order valence-electron chi connectivity index (χ3n) is 4.47. The molecule has 2 N–H and O–H groups in total. The summed E-state index contributed by atoms with van der Waals surface area (Å²) in [5.74, 6) is 2.97. The summed E-state index contributed by atoms with van der Waals surface area (Å²) in [6, 6.07) is 15.6. The van der Waals surface area contributed by atoms with Crippen LogP contribution < -0.4 is 20.1 Å². The lowest BCUT2D eigenvalue weighted by Gasteiger charge is -2.12. The van der Waals surface area contributed by atoms with Crippen molar-refractivity contribution in [1.82, 2.24) is 15.6 Å². The van der Waals surface area contributed by atoms with E-state index in [2.05, 4.69) is 39.7 Å². The summed E-state index contributed by atoms with van der Waals surface area (Å²) in [7, 11) is 3.38. The Bertz CT molecular complexity index is 934. The summed E-state index contributed by atoms with van der Waals surface area (Å²) >= 11 is 0. The summed E-state index contributed by atoms with van der Waals surface area (Å²) in [6.07, 6.45) is 2.44. The monoisotopic (exact) mass is 408 g/mol. The molecule has 0 aliphatic rings. The molecule has 0 aliphatic carbocycles. The van der Waals surface area contributed by atoms with Crippen LogP contribution in [0, 0.1) is 6.92 Å². The van der Waals surface area contributed by atoms with Gasteiger partial charge in [-0.3, -0.25) is 4.99 Å². The van der Waals surface area contributed by atoms with E-state index >= 15 is 0 Å². The van der Waals surface area contributed by atoms with E-state index in [0.717, 1.165) is 35.1 Å². The predicted octanol–water partition coefficient (Wildman–Crippen LogP) is 3.45. The number of nitrogens with zero attached hydrogens (tertiary/aromatic N) is 2. The fourth-order valence-corrected chi connectivity index (χ4v) is 2.79. The number of nitrogens with one attached hydrogen (secondary N) is 2. The molecule has 3 aromatic rings. The predicted molar refractivity (Wildman–Crippen MR) is 118 cm³/mol. The van der Waals surface area contributed by atoms with Crippen LogP contribution >= 0.6 is 0 Å². The largest absolute Gasteiger partial charge is 0.497 e. The van der Waals surface area contributed by atoms with Gasteiger partial charge in [0, 0.05) is 25.6 Å². The van der Waals surface area contributed by atoms with Gasteiger partial charge in [-0.2, -0.15) is 0 Å². The van der Waals surface area contributed by atoms with Crippen molar-refractivity contribution < 1.29 is 13.9 Å². The molecule has 0 radical (unpaired) electrons. The van der Waals surface area contributed by atoms with E-state index in [4.69, 9.17) is 13.9 Å². The Labute approximate surface area is 177 Å². The van der Waals surface area contributed by atoms with Crippen molar-refractivity contribution in [2.45, 2.75) is 13.3 Å². The zero-order valence-electron chi connectivity index (χ0n) is 17.6. The van der Waals surface area contributed by atoms with Crippen LogP contribution in [-0.4, -0.2) is 44.8 Å². The summed E-state index contributed by atoms with van der Waals surface area (Å²) in [4.78, 5) is 8.78. The molecule has 0 spiro atoms. The third-order valence-corrected chi connectivity index (χ3v) is 4.47. The highest BCUT2D eigenvalue weighted by Gasteiger charge is 2.07. The quantitative estimate of drug-likeness (QED) is 0.321. The molecule has 0 amide bonds. The van der Waals surface area contributed by atoms with Gasteiger partial charge in [-0.15, -0.1) is 0 Å². The topological polar surface area (TPSA) is 80.9 Å². The van der Waals surface area contributed by atoms with E-state index < -0.39 is 0 Å². The third kappa shape index (κ3) is 6.27. The van der Waals surface area contributed by atoms with Crippen molar-refractivity contribution in [1.29, 1.82) is 0 Å². The van der Waals surface area contributed by atoms with Crippen LogP contribution in [0.3, 0.4) is 0 Å². The smallest absolute Gasteiger partial charge is 0.226 e. The number of rotatable bonds is 9. The number of aryl methyl sites for hydroxylation is 1. The Morgan fingerprint density at radius 3 is 2.40 bits per heavy atom. The van der Waals surface area contributed by atoms with Gasteiger partial charge in [-0.1, -0.05) is 17.7 Å². The first-order chi connectivity index (χ1) is 14.7. The van der Waals surface area contributed by atoms with E-state index in [1.54, 1.807) is 20.4 Å². The van der Waals surface area contributed by atoms with Crippen molar-refractivity contribution in [3.63, 3.8) is 0 Å². The summed E-state index contributed by atoms with van der Waals surface area (Å²) in [6.45, 7) is 3.91. The van der Waals surface area contributed by atoms with Gasteiger partial charge in [-0.25, -0.2) is 4.98 Å². The lowest BCUT2D eigenvalue weighted by atomic mass is 10.1. The normalized spacial score (nSPS) is 11.2. The molecule has 0 saturated heterocycles. The van der Waals surface area contributed by atoms with Crippen molar-refractivity contribution >= 4 is 5.96 Å². The van der Waals surface area contributed by atoms with E-state index in [1.807, 2.05) is 36.4 Å². The fraction of sp³-hybridized carbons (Fsp3) is 0.304. The van der Waals surface area contributed by atoms with Crippen molar-refractivity contribution in [2.24, 2.45) is 4.99 Å². The number of ether oxygens (including phenoxy) is 2. The molecule has 0 fully saturated rings. The average Bonchev–Trinajstić information content (AvgIpc) is 3.25. The number of methoxy groups -OCH3 is 1. The molecule has 0 saturated carbocycles. The highest BCUT2D eigenvalue weighted by Crippen LogP contribution is 2.19. The molecular formula is C23H28N4O3. The summed E-state index contributed by atoms with van der Waals surface area (Å²) in [5.41, 5.74) is 3.09. The molecule has 3 rings (SSSR count). The van der Waals surface area contributed by atoms with E-state index in [0.29, 0.717) is 25.6 Å². The van der Waals surface area contributed by atoms with Gasteiger partial charge in [0.05, 0.1) is 19.3 Å². The highest BCUT2D eigenvalue weighted by molar-refractivity contribution is 5.79. The molecule has 0 bridgehead atoms. The molecule has 7 nitrogen and oxygen atoms in total. The van der Waals surface area contributed by atoms with Gasteiger partial charge in [0.15, 0.2) is 5.96 Å². The number of aromatic nitrogens is 1. The summed E-state index contributed by atoms with van der Waals surface area (Å²) in [5, 5.41) is 6.50. The number of benzene rings is 2. The Kier molecular flexibility index (Phi) is 7.71. The Morgan fingerprint density at radius 2 is 1.70 bits per heavy atom. The Hall–Kier alpha value is -3.48. The maximum Gasteiger partial charge on any atom is 0.226 e. The highest BCUT2D eigenvalue weighted by atomic mass is 16.5. The number of oxazole rings is 1. The molecule has 30 heavy (non-hydrogen) atoms. The second-order valence-corrected chi connectivity index (χ2v) is 6.71. The van der Waals surface area contributed by atoms with Gasteiger partial charge >= 0.3 is 0 Å². The minimum Gasteiger partial charge on any atom is -0.497 e. The second-order valence-electron chi connectivity index (χ2n) is 6.71. The number of guanidine groups is 1. The molecule has 1 heterocycles. The van der Waals surface area contributed by atoms with Gasteiger partial charge in [0.2, 0.25) is 5.89 Å². The minimum atomic E-state index is 0.524. The van der Waals surface area contributed by atoms with Crippen molar-refractivity contribution in [2.75, 3.05) is 33.9 Å². The van der Waals surface area contributed by atoms with Gasteiger partial charge < -0.3 is 24.5 Å². The first-order valence-corrected chi connectivity index (χ1v) is 9.91. The van der Waals surface area contributed by atoms with E-state index in [1.165, 1.54) is 5.56 Å². The molecule has 0 unspecified atom stereocenters. The molecule has 2 aromatic carbocycles. The number of hydrogen-bond donors (Lipinski definition) is 2. The SMILES string of the molecule is CN=C(NCCOc1ccc(OC)cc1)NCCc1coc(-c2ccc(C)cc2)n1. The van der Waals surface area contributed by atoms with Crippen LogP contribution in [0.2, 0.25) is 0 Å². The van der Waals surface area contributed by atoms with E-state index in [-0.39, 0.29) is 0 Å². The first-order valence-electron chi connectivity index (χ1n) is 9.91. The zero-order chi connectivity index (χ0) is 21.2. The van der Waals surface area contributed by atoms with E-state index in [9.17, 15) is 0 Å². The molecule has 0 aliphatic heterocycles. The average molecular weight is 409 g/mol. The molecular weight excluding hydrogens is 380 g/mol. The standard InChI is InChI=1S/C23H28N4O3/c1-17-4-6-18(7-5-17)22-27-19(16-30-22)12-13-25-23(24-2)26-14-15-29-21-10-8-20(28-3)9-11-21/h4-11,16H,12-15H2,1-3H3,(H2,24,25,26). The van der Waals surface area contributed by atoms with Gasteiger partial charge in [0.1, 0.15) is 24.4 Å². The molecule has 0 atom stereocenters. The maximum atomic E-state index is 5.70. The second kappa shape index (κ2) is 10.9. The van der Waals surface area contributed by atoms with Gasteiger partial charge in [-0.05, 0) is 43.3 Å².